The molecule has 2 aromatic rings. The van der Waals surface area contributed by atoms with Gasteiger partial charge in [-0.3, -0.25) is 0 Å². The molecule has 0 saturated heterocycles. The van der Waals surface area contributed by atoms with Crippen LogP contribution in [0.4, 0.5) is 5.69 Å². The minimum atomic E-state index is -0.508. The van der Waals surface area contributed by atoms with Crippen LogP contribution in [0.3, 0.4) is 0 Å². The predicted octanol–water partition coefficient (Wildman–Crippen LogP) is 4.01. The van der Waals surface area contributed by atoms with Crippen molar-refractivity contribution in [3.8, 4) is 0 Å². The molecule has 102 valence electrons. The molecule has 2 rings (SSSR count). The van der Waals surface area contributed by atoms with E-state index in [2.05, 4.69) is 11.8 Å². The summed E-state index contributed by atoms with van der Waals surface area (Å²) in [6, 6.07) is 9.47. The van der Waals surface area contributed by atoms with Gasteiger partial charge in [0, 0.05) is 6.54 Å². The molecular weight excluding hydrogens is 262 g/mol. The Hall–Kier alpha value is -1.45. The van der Waals surface area contributed by atoms with Crippen molar-refractivity contribution in [2.45, 2.75) is 26.5 Å². The van der Waals surface area contributed by atoms with Gasteiger partial charge in [0.25, 0.3) is 0 Å². The number of hydrogen-bond acceptors (Lipinski definition) is 3. The summed E-state index contributed by atoms with van der Waals surface area (Å²) in [7, 11) is 0. The van der Waals surface area contributed by atoms with Gasteiger partial charge in [-0.05, 0) is 43.7 Å². The summed E-state index contributed by atoms with van der Waals surface area (Å²) >= 11 is 6.30. The fourth-order valence-corrected chi connectivity index (χ4v) is 2.31. The zero-order chi connectivity index (χ0) is 13.8. The van der Waals surface area contributed by atoms with Crippen molar-refractivity contribution in [2.75, 3.05) is 11.4 Å². The van der Waals surface area contributed by atoms with E-state index in [1.807, 2.05) is 30.3 Å². The number of benzene rings is 1. The SMILES string of the molecule is CCN(Cc1ccco1)c1ccc([C@@H](C)O)cc1Cl. The van der Waals surface area contributed by atoms with Crippen LogP contribution in [0, 0.1) is 0 Å². The Morgan fingerprint density at radius 2 is 2.16 bits per heavy atom. The van der Waals surface area contributed by atoms with Gasteiger partial charge in [0.2, 0.25) is 0 Å². The Balaban J connectivity index is 2.23. The Bertz CT molecular complexity index is 523. The highest BCUT2D eigenvalue weighted by Gasteiger charge is 2.12. The maximum Gasteiger partial charge on any atom is 0.123 e. The third-order valence-corrected chi connectivity index (χ3v) is 3.41. The van der Waals surface area contributed by atoms with Crippen LogP contribution >= 0.6 is 11.6 Å². The molecule has 0 spiro atoms. The Labute approximate surface area is 118 Å². The Morgan fingerprint density at radius 3 is 2.68 bits per heavy atom. The van der Waals surface area contributed by atoms with Crippen molar-refractivity contribution in [2.24, 2.45) is 0 Å². The molecule has 0 bridgehead atoms. The van der Waals surface area contributed by atoms with E-state index in [0.29, 0.717) is 11.6 Å². The molecule has 0 aliphatic carbocycles. The lowest BCUT2D eigenvalue weighted by Gasteiger charge is -2.23. The molecule has 4 heteroatoms. The lowest BCUT2D eigenvalue weighted by atomic mass is 10.1. The molecule has 1 N–H and O–H groups in total. The van der Waals surface area contributed by atoms with Gasteiger partial charge >= 0.3 is 0 Å². The Kier molecular flexibility index (Phi) is 4.51. The molecule has 1 aromatic carbocycles. The number of halogens is 1. The molecule has 0 unspecified atom stereocenters. The standard InChI is InChI=1S/C15H18ClNO2/c1-3-17(10-13-5-4-8-19-13)15-7-6-12(11(2)18)9-14(15)16/h4-9,11,18H,3,10H2,1-2H3/t11-/m1/s1. The van der Waals surface area contributed by atoms with E-state index in [1.165, 1.54) is 0 Å². The smallest absolute Gasteiger partial charge is 0.123 e. The van der Waals surface area contributed by atoms with Crippen LogP contribution in [0.1, 0.15) is 31.3 Å². The number of anilines is 1. The van der Waals surface area contributed by atoms with Gasteiger partial charge in [-0.2, -0.15) is 0 Å². The van der Waals surface area contributed by atoms with E-state index >= 15 is 0 Å². The predicted molar refractivity (Wildman–Crippen MR) is 77.5 cm³/mol. The summed E-state index contributed by atoms with van der Waals surface area (Å²) in [6.07, 6.45) is 1.16. The third-order valence-electron chi connectivity index (χ3n) is 3.10. The van der Waals surface area contributed by atoms with Crippen molar-refractivity contribution in [1.29, 1.82) is 0 Å². The molecule has 0 aliphatic heterocycles. The molecule has 0 saturated carbocycles. The first kappa shape index (κ1) is 14.0. The molecule has 0 fully saturated rings. The molecule has 0 radical (unpaired) electrons. The number of aliphatic hydroxyl groups is 1. The van der Waals surface area contributed by atoms with Crippen molar-refractivity contribution in [1.82, 2.24) is 0 Å². The van der Waals surface area contributed by atoms with Gasteiger partial charge in [-0.15, -0.1) is 0 Å². The number of rotatable bonds is 5. The average molecular weight is 280 g/mol. The molecule has 1 aromatic heterocycles. The number of furan rings is 1. The minimum absolute atomic E-state index is 0.508. The van der Waals surface area contributed by atoms with Gasteiger partial charge in [0.05, 0.1) is 29.6 Å². The van der Waals surface area contributed by atoms with Crippen LogP contribution in [0.5, 0.6) is 0 Å². The van der Waals surface area contributed by atoms with Gasteiger partial charge in [0.15, 0.2) is 0 Å². The van der Waals surface area contributed by atoms with E-state index in [0.717, 1.165) is 23.6 Å². The van der Waals surface area contributed by atoms with Crippen molar-refractivity contribution in [3.63, 3.8) is 0 Å². The molecule has 1 heterocycles. The topological polar surface area (TPSA) is 36.6 Å². The lowest BCUT2D eigenvalue weighted by Crippen LogP contribution is -2.22. The quantitative estimate of drug-likeness (QED) is 0.898. The summed E-state index contributed by atoms with van der Waals surface area (Å²) in [5.74, 6) is 0.900. The van der Waals surface area contributed by atoms with Gasteiger partial charge in [0.1, 0.15) is 5.76 Å². The second-order valence-electron chi connectivity index (χ2n) is 4.48. The summed E-state index contributed by atoms with van der Waals surface area (Å²) < 4.78 is 5.36. The van der Waals surface area contributed by atoms with Crippen LogP contribution in [-0.2, 0) is 6.54 Å². The zero-order valence-corrected chi connectivity index (χ0v) is 11.9. The van der Waals surface area contributed by atoms with E-state index < -0.39 is 6.10 Å². The van der Waals surface area contributed by atoms with Crippen LogP contribution in [0.15, 0.2) is 41.0 Å². The fourth-order valence-electron chi connectivity index (χ4n) is 2.00. The first-order valence-corrected chi connectivity index (χ1v) is 6.74. The molecule has 19 heavy (non-hydrogen) atoms. The van der Waals surface area contributed by atoms with Crippen LogP contribution < -0.4 is 4.90 Å². The summed E-state index contributed by atoms with van der Waals surface area (Å²) in [4.78, 5) is 2.13. The van der Waals surface area contributed by atoms with Crippen LogP contribution in [0.25, 0.3) is 0 Å². The van der Waals surface area contributed by atoms with Crippen molar-refractivity contribution >= 4 is 17.3 Å². The van der Waals surface area contributed by atoms with Gasteiger partial charge < -0.3 is 14.4 Å². The first-order valence-electron chi connectivity index (χ1n) is 6.36. The summed E-state index contributed by atoms with van der Waals surface area (Å²) in [5, 5.41) is 10.2. The van der Waals surface area contributed by atoms with Crippen molar-refractivity contribution in [3.05, 3.63) is 52.9 Å². The Morgan fingerprint density at radius 1 is 1.37 bits per heavy atom. The average Bonchev–Trinajstić information content (AvgIpc) is 2.89. The second kappa shape index (κ2) is 6.13. The van der Waals surface area contributed by atoms with Crippen molar-refractivity contribution < 1.29 is 9.52 Å². The van der Waals surface area contributed by atoms with Gasteiger partial charge in [-0.1, -0.05) is 17.7 Å². The molecule has 3 nitrogen and oxygen atoms in total. The van der Waals surface area contributed by atoms with Crippen LogP contribution in [0.2, 0.25) is 5.02 Å². The summed E-state index contributed by atoms with van der Waals surface area (Å²) in [5.41, 5.74) is 1.77. The van der Waals surface area contributed by atoms with Gasteiger partial charge in [-0.25, -0.2) is 0 Å². The fraction of sp³-hybridized carbons (Fsp3) is 0.333. The highest BCUT2D eigenvalue weighted by molar-refractivity contribution is 6.33. The monoisotopic (exact) mass is 279 g/mol. The normalized spacial score (nSPS) is 12.4. The molecule has 0 aliphatic rings. The number of aliphatic hydroxyl groups excluding tert-OH is 1. The van der Waals surface area contributed by atoms with E-state index in [1.54, 1.807) is 13.2 Å². The first-order chi connectivity index (χ1) is 9.11. The summed E-state index contributed by atoms with van der Waals surface area (Å²) in [6.45, 7) is 5.30. The molecule has 0 amide bonds. The number of nitrogens with zero attached hydrogens (tertiary/aromatic N) is 1. The van der Waals surface area contributed by atoms with E-state index in [9.17, 15) is 5.11 Å². The second-order valence-corrected chi connectivity index (χ2v) is 4.89. The van der Waals surface area contributed by atoms with E-state index in [4.69, 9.17) is 16.0 Å². The minimum Gasteiger partial charge on any atom is -0.467 e. The molecular formula is C15H18ClNO2. The lowest BCUT2D eigenvalue weighted by molar-refractivity contribution is 0.199. The molecule has 1 atom stereocenters. The third kappa shape index (κ3) is 3.31. The maximum absolute atomic E-state index is 9.56. The highest BCUT2D eigenvalue weighted by Crippen LogP contribution is 2.30. The zero-order valence-electron chi connectivity index (χ0n) is 11.1. The highest BCUT2D eigenvalue weighted by atomic mass is 35.5. The maximum atomic E-state index is 9.56. The van der Waals surface area contributed by atoms with E-state index in [-0.39, 0.29) is 0 Å². The van der Waals surface area contributed by atoms with Crippen LogP contribution in [-0.4, -0.2) is 11.7 Å². The number of hydrogen-bond donors (Lipinski definition) is 1. The largest absolute Gasteiger partial charge is 0.467 e.